The Morgan fingerprint density at radius 1 is 1.33 bits per heavy atom. The van der Waals surface area contributed by atoms with Crippen molar-refractivity contribution in [2.45, 2.75) is 39.5 Å². The molecule has 0 saturated carbocycles. The fraction of sp³-hybridized carbons (Fsp3) is 0.500. The Labute approximate surface area is 114 Å². The summed E-state index contributed by atoms with van der Waals surface area (Å²) < 4.78 is 0. The van der Waals surface area contributed by atoms with Gasteiger partial charge in [-0.15, -0.1) is 0 Å². The molecule has 1 amide bonds. The van der Waals surface area contributed by atoms with Crippen LogP contribution < -0.4 is 11.1 Å². The molecule has 0 bridgehead atoms. The van der Waals surface area contributed by atoms with Gasteiger partial charge in [0.2, 0.25) is 5.91 Å². The van der Waals surface area contributed by atoms with E-state index in [1.54, 1.807) is 18.2 Å². The van der Waals surface area contributed by atoms with Gasteiger partial charge in [0.1, 0.15) is 0 Å². The number of benzene rings is 1. The van der Waals surface area contributed by atoms with Gasteiger partial charge in [0.05, 0.1) is 10.7 Å². The monoisotopic (exact) mass is 268 g/mol. The van der Waals surface area contributed by atoms with Crippen molar-refractivity contribution in [3.05, 3.63) is 23.2 Å². The predicted molar refractivity (Wildman–Crippen MR) is 77.8 cm³/mol. The largest absolute Gasteiger partial charge is 0.399 e. The van der Waals surface area contributed by atoms with Gasteiger partial charge in [-0.3, -0.25) is 4.79 Å². The molecule has 0 unspecified atom stereocenters. The smallest absolute Gasteiger partial charge is 0.227 e. The molecular weight excluding hydrogens is 248 g/mol. The summed E-state index contributed by atoms with van der Waals surface area (Å²) in [6, 6.07) is 5.12. The van der Waals surface area contributed by atoms with Crippen molar-refractivity contribution in [1.82, 2.24) is 0 Å². The van der Waals surface area contributed by atoms with E-state index in [1.165, 1.54) is 0 Å². The second-order valence-electron chi connectivity index (χ2n) is 4.50. The average molecular weight is 269 g/mol. The van der Waals surface area contributed by atoms with Crippen LogP contribution in [0.1, 0.15) is 39.5 Å². The van der Waals surface area contributed by atoms with Gasteiger partial charge in [0, 0.05) is 11.6 Å². The number of hydrogen-bond acceptors (Lipinski definition) is 2. The van der Waals surface area contributed by atoms with Crippen LogP contribution in [0.15, 0.2) is 18.2 Å². The lowest BCUT2D eigenvalue weighted by atomic mass is 9.97. The van der Waals surface area contributed by atoms with Gasteiger partial charge in [0.15, 0.2) is 0 Å². The van der Waals surface area contributed by atoms with E-state index in [0.717, 1.165) is 25.7 Å². The van der Waals surface area contributed by atoms with E-state index in [4.69, 9.17) is 17.3 Å². The average Bonchev–Trinajstić information content (AvgIpc) is 2.32. The molecule has 18 heavy (non-hydrogen) atoms. The highest BCUT2D eigenvalue weighted by molar-refractivity contribution is 6.34. The minimum Gasteiger partial charge on any atom is -0.399 e. The van der Waals surface area contributed by atoms with Crippen LogP contribution in [0.2, 0.25) is 5.02 Å². The van der Waals surface area contributed by atoms with E-state index in [9.17, 15) is 4.79 Å². The Bertz CT molecular complexity index is 401. The first kappa shape index (κ1) is 14.8. The Hall–Kier alpha value is -1.22. The van der Waals surface area contributed by atoms with E-state index in [1.807, 2.05) is 0 Å². The summed E-state index contributed by atoms with van der Waals surface area (Å²) in [7, 11) is 0. The van der Waals surface area contributed by atoms with Crippen molar-refractivity contribution in [3.63, 3.8) is 0 Å². The van der Waals surface area contributed by atoms with Crippen molar-refractivity contribution in [2.24, 2.45) is 5.92 Å². The van der Waals surface area contributed by atoms with Crippen LogP contribution in [-0.2, 0) is 4.79 Å². The van der Waals surface area contributed by atoms with E-state index in [2.05, 4.69) is 19.2 Å². The molecule has 3 nitrogen and oxygen atoms in total. The lowest BCUT2D eigenvalue weighted by molar-refractivity contribution is -0.120. The zero-order valence-electron chi connectivity index (χ0n) is 11.0. The number of nitrogen functional groups attached to an aromatic ring is 1. The van der Waals surface area contributed by atoms with Gasteiger partial charge in [0.25, 0.3) is 0 Å². The maximum absolute atomic E-state index is 12.1. The van der Waals surface area contributed by atoms with E-state index < -0.39 is 0 Å². The summed E-state index contributed by atoms with van der Waals surface area (Å²) in [4.78, 5) is 12.1. The molecule has 1 rings (SSSR count). The maximum Gasteiger partial charge on any atom is 0.227 e. The summed E-state index contributed by atoms with van der Waals surface area (Å²) in [6.45, 7) is 4.18. The van der Waals surface area contributed by atoms with Crippen molar-refractivity contribution < 1.29 is 4.79 Å². The molecule has 0 aromatic heterocycles. The van der Waals surface area contributed by atoms with Crippen LogP contribution in [0.5, 0.6) is 0 Å². The van der Waals surface area contributed by atoms with E-state index in [0.29, 0.717) is 16.4 Å². The molecular formula is C14H21ClN2O. The van der Waals surface area contributed by atoms with Crippen molar-refractivity contribution >= 4 is 28.9 Å². The zero-order valence-corrected chi connectivity index (χ0v) is 11.8. The molecule has 1 aromatic rings. The van der Waals surface area contributed by atoms with Crippen LogP contribution in [0, 0.1) is 5.92 Å². The van der Waals surface area contributed by atoms with Crippen LogP contribution in [0.4, 0.5) is 11.4 Å². The quantitative estimate of drug-likeness (QED) is 0.764. The van der Waals surface area contributed by atoms with Crippen molar-refractivity contribution in [1.29, 1.82) is 0 Å². The van der Waals surface area contributed by atoms with Crippen molar-refractivity contribution in [3.8, 4) is 0 Å². The molecule has 100 valence electrons. The summed E-state index contributed by atoms with van der Waals surface area (Å²) in [5.41, 5.74) is 6.84. The maximum atomic E-state index is 12.1. The van der Waals surface area contributed by atoms with Crippen LogP contribution in [0.3, 0.4) is 0 Å². The molecule has 3 N–H and O–H groups in total. The second-order valence-corrected chi connectivity index (χ2v) is 4.91. The lowest BCUT2D eigenvalue weighted by Gasteiger charge is -2.16. The number of carbonyl (C=O) groups excluding carboxylic acids is 1. The predicted octanol–water partition coefficient (Wildman–Crippen LogP) is 4.08. The third-order valence-electron chi connectivity index (χ3n) is 2.90. The van der Waals surface area contributed by atoms with Gasteiger partial charge in [-0.05, 0) is 31.0 Å². The standard InChI is InChI=1S/C14H21ClN2O/c1-3-5-10(6-4-2)14(18)17-13-8-7-11(16)9-12(13)15/h7-10H,3-6,16H2,1-2H3,(H,17,18). The molecule has 4 heteroatoms. The number of amides is 1. The number of nitrogens with two attached hydrogens (primary N) is 1. The first-order valence-corrected chi connectivity index (χ1v) is 6.82. The number of carbonyl (C=O) groups is 1. The lowest BCUT2D eigenvalue weighted by Crippen LogP contribution is -2.22. The zero-order chi connectivity index (χ0) is 13.5. The first-order chi connectivity index (χ1) is 8.58. The summed E-state index contributed by atoms with van der Waals surface area (Å²) >= 11 is 6.04. The topological polar surface area (TPSA) is 55.1 Å². The van der Waals surface area contributed by atoms with Gasteiger partial charge < -0.3 is 11.1 Å². The SMILES string of the molecule is CCCC(CCC)C(=O)Nc1ccc(N)cc1Cl. The molecule has 0 atom stereocenters. The fourth-order valence-electron chi connectivity index (χ4n) is 1.97. The van der Waals surface area contributed by atoms with Crippen molar-refractivity contribution in [2.75, 3.05) is 11.1 Å². The number of hydrogen-bond donors (Lipinski definition) is 2. The second kappa shape index (κ2) is 7.27. The Morgan fingerprint density at radius 3 is 2.44 bits per heavy atom. The normalized spacial score (nSPS) is 10.7. The molecule has 1 aromatic carbocycles. The molecule has 0 saturated heterocycles. The number of nitrogens with one attached hydrogen (secondary N) is 1. The fourth-order valence-corrected chi connectivity index (χ4v) is 2.21. The molecule has 0 aliphatic heterocycles. The minimum absolute atomic E-state index is 0.0466. The van der Waals surface area contributed by atoms with E-state index >= 15 is 0 Å². The summed E-state index contributed by atoms with van der Waals surface area (Å²) in [6.07, 6.45) is 3.83. The van der Waals surface area contributed by atoms with Gasteiger partial charge in [-0.25, -0.2) is 0 Å². The summed E-state index contributed by atoms with van der Waals surface area (Å²) in [5, 5.41) is 3.36. The third kappa shape index (κ3) is 4.22. The molecule has 0 fully saturated rings. The van der Waals surface area contributed by atoms with Crippen LogP contribution in [0.25, 0.3) is 0 Å². The minimum atomic E-state index is 0.0466. The third-order valence-corrected chi connectivity index (χ3v) is 3.21. The molecule has 0 heterocycles. The highest BCUT2D eigenvalue weighted by Gasteiger charge is 2.17. The van der Waals surface area contributed by atoms with Crippen LogP contribution in [-0.4, -0.2) is 5.91 Å². The van der Waals surface area contributed by atoms with Gasteiger partial charge >= 0.3 is 0 Å². The Kier molecular flexibility index (Phi) is 5.99. The summed E-state index contributed by atoms with van der Waals surface area (Å²) in [5.74, 6) is 0.110. The molecule has 0 radical (unpaired) electrons. The molecule has 0 spiro atoms. The first-order valence-electron chi connectivity index (χ1n) is 6.44. The number of halogens is 1. The highest BCUT2D eigenvalue weighted by Crippen LogP contribution is 2.25. The Balaban J connectivity index is 2.72. The molecule has 0 aliphatic carbocycles. The van der Waals surface area contributed by atoms with E-state index in [-0.39, 0.29) is 11.8 Å². The number of rotatable bonds is 6. The Morgan fingerprint density at radius 2 is 1.94 bits per heavy atom. The molecule has 0 aliphatic rings. The van der Waals surface area contributed by atoms with Crippen LogP contribution >= 0.6 is 11.6 Å². The highest BCUT2D eigenvalue weighted by atomic mass is 35.5. The number of anilines is 2. The van der Waals surface area contributed by atoms with Gasteiger partial charge in [-0.2, -0.15) is 0 Å². The van der Waals surface area contributed by atoms with Gasteiger partial charge in [-0.1, -0.05) is 38.3 Å².